The summed E-state index contributed by atoms with van der Waals surface area (Å²) in [6, 6.07) is 3.17. The van der Waals surface area contributed by atoms with Crippen LogP contribution in [-0.2, 0) is 28.4 Å². The minimum absolute atomic E-state index is 0.0458. The van der Waals surface area contributed by atoms with Gasteiger partial charge in [0.05, 0.1) is 12.7 Å². The van der Waals surface area contributed by atoms with Gasteiger partial charge in [-0.2, -0.15) is 9.40 Å². The number of hydrogen-bond donors (Lipinski definition) is 0. The second kappa shape index (κ2) is 7.45. The zero-order chi connectivity index (χ0) is 17.9. The van der Waals surface area contributed by atoms with Crippen molar-refractivity contribution in [2.75, 3.05) is 13.6 Å². The predicted octanol–water partition coefficient (Wildman–Crippen LogP) is 1.54. The van der Waals surface area contributed by atoms with Crippen LogP contribution in [0.3, 0.4) is 0 Å². The molecule has 0 spiro atoms. The van der Waals surface area contributed by atoms with Gasteiger partial charge in [-0.15, -0.1) is 11.3 Å². The maximum Gasteiger partial charge on any atom is 0.252 e. The molecule has 24 heavy (non-hydrogen) atoms. The van der Waals surface area contributed by atoms with E-state index in [1.807, 2.05) is 27.1 Å². The lowest BCUT2D eigenvalue weighted by Crippen LogP contribution is -2.43. The van der Waals surface area contributed by atoms with Gasteiger partial charge in [0.25, 0.3) is 10.0 Å². The van der Waals surface area contributed by atoms with Gasteiger partial charge in [0.2, 0.25) is 5.91 Å². The number of aromatic nitrogens is 2. The molecule has 2 aromatic rings. The smallest absolute Gasteiger partial charge is 0.252 e. The monoisotopic (exact) mass is 370 g/mol. The van der Waals surface area contributed by atoms with E-state index in [-0.39, 0.29) is 22.7 Å². The minimum Gasteiger partial charge on any atom is -0.335 e. The van der Waals surface area contributed by atoms with E-state index in [9.17, 15) is 13.2 Å². The van der Waals surface area contributed by atoms with Crippen molar-refractivity contribution in [3.05, 3.63) is 35.5 Å². The Balaban J connectivity index is 2.10. The minimum atomic E-state index is -3.63. The van der Waals surface area contributed by atoms with Gasteiger partial charge in [-0.3, -0.25) is 9.48 Å². The molecule has 9 heteroatoms. The number of amides is 1. The second-order valence-corrected chi connectivity index (χ2v) is 9.05. The lowest BCUT2D eigenvalue weighted by atomic mass is 10.2. The number of aryl methyl sites for hydroxylation is 1. The summed E-state index contributed by atoms with van der Waals surface area (Å²) in [7, 11) is -0.393. The third kappa shape index (κ3) is 4.22. The van der Waals surface area contributed by atoms with E-state index in [2.05, 4.69) is 5.10 Å². The van der Waals surface area contributed by atoms with Crippen LogP contribution < -0.4 is 0 Å². The first-order valence-electron chi connectivity index (χ1n) is 7.48. The number of carbonyl (C=O) groups is 1. The van der Waals surface area contributed by atoms with Crippen molar-refractivity contribution in [1.82, 2.24) is 19.0 Å². The third-order valence-electron chi connectivity index (χ3n) is 3.57. The Hall–Kier alpha value is -1.71. The molecule has 2 rings (SSSR count). The molecule has 1 amide bonds. The molecule has 0 aliphatic heterocycles. The van der Waals surface area contributed by atoms with Crippen molar-refractivity contribution in [3.8, 4) is 0 Å². The van der Waals surface area contributed by atoms with E-state index in [0.29, 0.717) is 6.54 Å². The molecular formula is C15H22N4O3S2. The zero-order valence-corrected chi connectivity index (χ0v) is 15.8. The number of nitrogens with zero attached hydrogens (tertiary/aromatic N) is 4. The van der Waals surface area contributed by atoms with Crippen molar-refractivity contribution in [2.24, 2.45) is 7.05 Å². The Morgan fingerprint density at radius 1 is 1.42 bits per heavy atom. The summed E-state index contributed by atoms with van der Waals surface area (Å²) in [6.07, 6.45) is 3.55. The summed E-state index contributed by atoms with van der Waals surface area (Å²) in [5, 5.41) is 5.80. The Bertz CT molecular complexity index is 782. The van der Waals surface area contributed by atoms with Gasteiger partial charge in [0, 0.05) is 38.4 Å². The van der Waals surface area contributed by atoms with Crippen LogP contribution >= 0.6 is 11.3 Å². The van der Waals surface area contributed by atoms with Gasteiger partial charge in [0.1, 0.15) is 4.21 Å². The predicted molar refractivity (Wildman–Crippen MR) is 93.0 cm³/mol. The molecule has 0 atom stereocenters. The van der Waals surface area contributed by atoms with Gasteiger partial charge in [-0.1, -0.05) is 6.07 Å². The summed E-state index contributed by atoms with van der Waals surface area (Å²) in [4.78, 5) is 14.3. The van der Waals surface area contributed by atoms with E-state index in [1.165, 1.54) is 13.1 Å². The number of likely N-dealkylation sites (N-methyl/N-ethyl adjacent to an activating group) is 1. The number of sulfonamides is 1. The zero-order valence-electron chi connectivity index (χ0n) is 14.2. The molecule has 7 nitrogen and oxygen atoms in total. The van der Waals surface area contributed by atoms with Gasteiger partial charge >= 0.3 is 0 Å². The van der Waals surface area contributed by atoms with E-state index < -0.39 is 10.0 Å². The fourth-order valence-electron chi connectivity index (χ4n) is 2.24. The van der Waals surface area contributed by atoms with Crippen LogP contribution in [0.1, 0.15) is 19.4 Å². The van der Waals surface area contributed by atoms with E-state index in [0.717, 1.165) is 21.2 Å². The van der Waals surface area contributed by atoms with Gasteiger partial charge < -0.3 is 4.90 Å². The highest BCUT2D eigenvalue weighted by Gasteiger charge is 2.27. The fourth-order valence-corrected chi connectivity index (χ4v) is 4.56. The Morgan fingerprint density at radius 2 is 2.12 bits per heavy atom. The molecule has 0 aromatic carbocycles. The van der Waals surface area contributed by atoms with E-state index in [4.69, 9.17) is 0 Å². The first kappa shape index (κ1) is 18.6. The Labute approximate surface area is 146 Å². The van der Waals surface area contributed by atoms with Crippen LogP contribution in [0, 0.1) is 0 Å². The fraction of sp³-hybridized carbons (Fsp3) is 0.467. The molecule has 0 saturated heterocycles. The number of thiophene rings is 1. The molecule has 0 fully saturated rings. The molecule has 132 valence electrons. The number of carbonyl (C=O) groups excluding carboxylic acids is 1. The quantitative estimate of drug-likeness (QED) is 0.741. The summed E-state index contributed by atoms with van der Waals surface area (Å²) in [5.74, 6) is -0.239. The van der Waals surface area contributed by atoms with Gasteiger partial charge in [-0.05, 0) is 25.3 Å². The SMILES string of the molecule is CC(C)N(Cc1cnn(C)c1)C(=O)CN(C)S(=O)(=O)c1cccs1. The molecule has 0 radical (unpaired) electrons. The van der Waals surface area contributed by atoms with Crippen LogP contribution in [-0.4, -0.2) is 52.9 Å². The van der Waals surface area contributed by atoms with Gasteiger partial charge in [0.15, 0.2) is 0 Å². The van der Waals surface area contributed by atoms with Crippen molar-refractivity contribution < 1.29 is 13.2 Å². The summed E-state index contributed by atoms with van der Waals surface area (Å²) >= 11 is 1.14. The van der Waals surface area contributed by atoms with Crippen molar-refractivity contribution in [1.29, 1.82) is 0 Å². The highest BCUT2D eigenvalue weighted by Crippen LogP contribution is 2.20. The van der Waals surface area contributed by atoms with Crippen LogP contribution in [0.2, 0.25) is 0 Å². The molecule has 0 N–H and O–H groups in total. The molecule has 2 aromatic heterocycles. The summed E-state index contributed by atoms with van der Waals surface area (Å²) in [5.41, 5.74) is 0.906. The topological polar surface area (TPSA) is 75.5 Å². The van der Waals surface area contributed by atoms with Crippen LogP contribution in [0.5, 0.6) is 0 Å². The average molecular weight is 371 g/mol. The molecule has 0 unspecified atom stereocenters. The van der Waals surface area contributed by atoms with Crippen LogP contribution in [0.25, 0.3) is 0 Å². The molecule has 0 bridgehead atoms. The molecule has 0 aliphatic carbocycles. The number of rotatable bonds is 7. The van der Waals surface area contributed by atoms with E-state index >= 15 is 0 Å². The Morgan fingerprint density at radius 3 is 2.62 bits per heavy atom. The molecule has 2 heterocycles. The summed E-state index contributed by atoms with van der Waals surface area (Å²) < 4.78 is 27.9. The lowest BCUT2D eigenvalue weighted by molar-refractivity contribution is -0.133. The standard InChI is InChI=1S/C15H22N4O3S2/c1-12(2)19(10-13-8-16-17(3)9-13)14(20)11-18(4)24(21,22)15-6-5-7-23-15/h5-9,12H,10-11H2,1-4H3. The highest BCUT2D eigenvalue weighted by molar-refractivity contribution is 7.91. The summed E-state index contributed by atoms with van der Waals surface area (Å²) in [6.45, 7) is 4.01. The van der Waals surface area contributed by atoms with Crippen molar-refractivity contribution in [3.63, 3.8) is 0 Å². The van der Waals surface area contributed by atoms with E-state index in [1.54, 1.807) is 27.2 Å². The van der Waals surface area contributed by atoms with Gasteiger partial charge in [-0.25, -0.2) is 8.42 Å². The maximum atomic E-state index is 12.6. The largest absolute Gasteiger partial charge is 0.335 e. The van der Waals surface area contributed by atoms with Crippen molar-refractivity contribution in [2.45, 2.75) is 30.6 Å². The van der Waals surface area contributed by atoms with Crippen molar-refractivity contribution >= 4 is 27.3 Å². The number of hydrogen-bond acceptors (Lipinski definition) is 5. The van der Waals surface area contributed by atoms with Crippen LogP contribution in [0.15, 0.2) is 34.1 Å². The second-order valence-electron chi connectivity index (χ2n) is 5.83. The first-order valence-corrected chi connectivity index (χ1v) is 9.80. The molecule has 0 saturated carbocycles. The highest BCUT2D eigenvalue weighted by atomic mass is 32.2. The maximum absolute atomic E-state index is 12.6. The first-order chi connectivity index (χ1) is 11.2. The normalized spacial score (nSPS) is 12.1. The molecular weight excluding hydrogens is 348 g/mol. The third-order valence-corrected chi connectivity index (χ3v) is 6.75. The molecule has 0 aliphatic rings. The lowest BCUT2D eigenvalue weighted by Gasteiger charge is -2.28. The van der Waals surface area contributed by atoms with Crippen LogP contribution in [0.4, 0.5) is 0 Å². The Kier molecular flexibility index (Phi) is 5.79. The average Bonchev–Trinajstić information content (AvgIpc) is 3.15.